The van der Waals surface area contributed by atoms with Crippen molar-refractivity contribution in [2.24, 2.45) is 0 Å². The van der Waals surface area contributed by atoms with Crippen LogP contribution in [0, 0.1) is 13.7 Å². The molecular formula is C12H10IN3O4S. The van der Waals surface area contributed by atoms with Gasteiger partial charge in [0.25, 0.3) is 15.7 Å². The Kier molecular flexibility index (Phi) is 4.32. The molecule has 110 valence electrons. The van der Waals surface area contributed by atoms with Crippen molar-refractivity contribution in [1.29, 1.82) is 0 Å². The second-order valence-corrected chi connectivity index (χ2v) is 6.88. The van der Waals surface area contributed by atoms with Gasteiger partial charge in [-0.1, -0.05) is 12.1 Å². The van der Waals surface area contributed by atoms with Crippen molar-refractivity contribution in [2.45, 2.75) is 4.90 Å². The Bertz CT molecular complexity index is 808. The van der Waals surface area contributed by atoms with Gasteiger partial charge in [0.2, 0.25) is 0 Å². The molecule has 0 saturated carbocycles. The number of anilines is 2. The molecule has 0 heterocycles. The van der Waals surface area contributed by atoms with E-state index in [2.05, 4.69) is 4.72 Å². The van der Waals surface area contributed by atoms with Crippen LogP contribution in [0.15, 0.2) is 47.4 Å². The number of hydrogen-bond donors (Lipinski definition) is 2. The monoisotopic (exact) mass is 419 g/mol. The number of rotatable bonds is 4. The number of halogens is 1. The first-order valence-electron chi connectivity index (χ1n) is 5.62. The second kappa shape index (κ2) is 5.85. The van der Waals surface area contributed by atoms with Gasteiger partial charge < -0.3 is 5.73 Å². The minimum atomic E-state index is -4.08. The summed E-state index contributed by atoms with van der Waals surface area (Å²) in [6.45, 7) is 0. The van der Waals surface area contributed by atoms with Gasteiger partial charge >= 0.3 is 0 Å². The minimum absolute atomic E-state index is 0.120. The molecule has 0 atom stereocenters. The third-order valence-electron chi connectivity index (χ3n) is 2.59. The van der Waals surface area contributed by atoms with Crippen LogP contribution in [0.25, 0.3) is 0 Å². The zero-order valence-corrected chi connectivity index (χ0v) is 13.5. The van der Waals surface area contributed by atoms with E-state index >= 15 is 0 Å². The normalized spacial score (nSPS) is 11.1. The van der Waals surface area contributed by atoms with Crippen molar-refractivity contribution < 1.29 is 13.3 Å². The van der Waals surface area contributed by atoms with Gasteiger partial charge in [-0.3, -0.25) is 14.8 Å². The highest BCUT2D eigenvalue weighted by Crippen LogP contribution is 2.28. The molecular weight excluding hydrogens is 409 g/mol. The number of para-hydroxylation sites is 1. The Morgan fingerprint density at radius 3 is 2.48 bits per heavy atom. The van der Waals surface area contributed by atoms with Gasteiger partial charge in [-0.2, -0.15) is 0 Å². The summed E-state index contributed by atoms with van der Waals surface area (Å²) >= 11 is 1.97. The predicted octanol–water partition coefficient (Wildman–Crippen LogP) is 2.58. The highest BCUT2D eigenvalue weighted by atomic mass is 127. The number of nitrogen functional groups attached to an aromatic ring is 1. The summed E-state index contributed by atoms with van der Waals surface area (Å²) in [5.74, 6) is 0. The summed E-state index contributed by atoms with van der Waals surface area (Å²) in [4.78, 5) is 9.79. The van der Waals surface area contributed by atoms with Crippen LogP contribution in [0.2, 0.25) is 0 Å². The molecule has 0 spiro atoms. The molecule has 0 aliphatic rings. The fourth-order valence-corrected chi connectivity index (χ4v) is 3.59. The van der Waals surface area contributed by atoms with Crippen LogP contribution in [-0.4, -0.2) is 13.3 Å². The fourth-order valence-electron chi connectivity index (χ4n) is 1.65. The Balaban J connectivity index is 2.50. The maximum Gasteiger partial charge on any atom is 0.291 e. The van der Waals surface area contributed by atoms with Gasteiger partial charge in [0.15, 0.2) is 4.90 Å². The largest absolute Gasteiger partial charge is 0.399 e. The number of nitro benzene ring substituents is 1. The van der Waals surface area contributed by atoms with E-state index in [4.69, 9.17) is 5.73 Å². The third-order valence-corrected chi connectivity index (χ3v) is 4.94. The summed E-state index contributed by atoms with van der Waals surface area (Å²) in [6, 6.07) is 10.1. The van der Waals surface area contributed by atoms with Crippen LogP contribution in [-0.2, 0) is 10.0 Å². The number of hydrogen-bond acceptors (Lipinski definition) is 5. The molecule has 0 aliphatic carbocycles. The molecule has 0 unspecified atom stereocenters. The highest BCUT2D eigenvalue weighted by molar-refractivity contribution is 14.1. The Morgan fingerprint density at radius 2 is 1.86 bits per heavy atom. The van der Waals surface area contributed by atoms with Gasteiger partial charge in [0.1, 0.15) is 0 Å². The van der Waals surface area contributed by atoms with E-state index < -0.39 is 25.5 Å². The number of sulfonamides is 1. The summed E-state index contributed by atoms with van der Waals surface area (Å²) in [7, 11) is -4.08. The molecule has 2 rings (SSSR count). The zero-order chi connectivity index (χ0) is 15.6. The summed E-state index contributed by atoms with van der Waals surface area (Å²) in [6.07, 6.45) is 0. The van der Waals surface area contributed by atoms with Crippen molar-refractivity contribution in [3.63, 3.8) is 0 Å². The SMILES string of the molecule is Nc1ccc(S(=O)(=O)Nc2ccccc2I)c([N+](=O)[O-])c1. The molecule has 0 saturated heterocycles. The predicted molar refractivity (Wildman–Crippen MR) is 87.5 cm³/mol. The van der Waals surface area contributed by atoms with Gasteiger partial charge in [0, 0.05) is 15.3 Å². The van der Waals surface area contributed by atoms with E-state index in [1.165, 1.54) is 6.07 Å². The number of nitro groups is 1. The molecule has 0 aromatic heterocycles. The fraction of sp³-hybridized carbons (Fsp3) is 0. The molecule has 0 aliphatic heterocycles. The molecule has 9 heteroatoms. The molecule has 0 fully saturated rings. The molecule has 21 heavy (non-hydrogen) atoms. The first-order valence-corrected chi connectivity index (χ1v) is 8.19. The van der Waals surface area contributed by atoms with Crippen LogP contribution >= 0.6 is 22.6 Å². The van der Waals surface area contributed by atoms with E-state index in [1.54, 1.807) is 24.3 Å². The summed E-state index contributed by atoms with van der Waals surface area (Å²) < 4.78 is 27.7. The van der Waals surface area contributed by atoms with Gasteiger partial charge in [-0.25, -0.2) is 8.42 Å². The summed E-state index contributed by atoms with van der Waals surface area (Å²) in [5, 5.41) is 11.0. The van der Waals surface area contributed by atoms with E-state index in [0.717, 1.165) is 12.1 Å². The van der Waals surface area contributed by atoms with Crippen LogP contribution in [0.4, 0.5) is 17.1 Å². The number of nitrogens with zero attached hydrogens (tertiary/aromatic N) is 1. The maximum absolute atomic E-state index is 12.3. The lowest BCUT2D eigenvalue weighted by molar-refractivity contribution is -0.387. The smallest absolute Gasteiger partial charge is 0.291 e. The number of nitrogens with two attached hydrogens (primary N) is 1. The maximum atomic E-state index is 12.3. The number of nitrogens with one attached hydrogen (secondary N) is 1. The van der Waals surface area contributed by atoms with Crippen LogP contribution in [0.3, 0.4) is 0 Å². The average molecular weight is 419 g/mol. The topological polar surface area (TPSA) is 115 Å². The van der Waals surface area contributed by atoms with Gasteiger partial charge in [-0.15, -0.1) is 0 Å². The first-order chi connectivity index (χ1) is 9.81. The van der Waals surface area contributed by atoms with Gasteiger partial charge in [-0.05, 0) is 46.9 Å². The molecule has 0 radical (unpaired) electrons. The van der Waals surface area contributed by atoms with E-state index in [0.29, 0.717) is 9.26 Å². The molecule has 0 amide bonds. The van der Waals surface area contributed by atoms with E-state index in [9.17, 15) is 18.5 Å². The quantitative estimate of drug-likeness (QED) is 0.342. The van der Waals surface area contributed by atoms with Crippen molar-refractivity contribution in [3.05, 3.63) is 56.1 Å². The van der Waals surface area contributed by atoms with Crippen molar-refractivity contribution >= 4 is 49.7 Å². The standard InChI is InChI=1S/C12H10IN3O4S/c13-9-3-1-2-4-10(9)15-21(19,20)12-6-5-8(14)7-11(12)16(17)18/h1-7,15H,14H2. The Hall–Kier alpha value is -1.88. The molecule has 2 aromatic rings. The number of benzene rings is 2. The molecule has 0 bridgehead atoms. The minimum Gasteiger partial charge on any atom is -0.399 e. The van der Waals surface area contributed by atoms with Crippen LogP contribution in [0.5, 0.6) is 0 Å². The zero-order valence-electron chi connectivity index (χ0n) is 10.5. The highest BCUT2D eigenvalue weighted by Gasteiger charge is 2.26. The summed E-state index contributed by atoms with van der Waals surface area (Å²) in [5.41, 5.74) is 5.37. The lowest BCUT2D eigenvalue weighted by Gasteiger charge is -2.10. The Morgan fingerprint density at radius 1 is 1.19 bits per heavy atom. The van der Waals surface area contributed by atoms with Crippen molar-refractivity contribution in [3.8, 4) is 0 Å². The van der Waals surface area contributed by atoms with E-state index in [-0.39, 0.29) is 5.69 Å². The van der Waals surface area contributed by atoms with Crippen LogP contribution < -0.4 is 10.5 Å². The molecule has 3 N–H and O–H groups in total. The molecule has 2 aromatic carbocycles. The average Bonchev–Trinajstić information content (AvgIpc) is 2.40. The molecule has 7 nitrogen and oxygen atoms in total. The lowest BCUT2D eigenvalue weighted by Crippen LogP contribution is -2.15. The van der Waals surface area contributed by atoms with E-state index in [1.807, 2.05) is 22.6 Å². The first kappa shape index (κ1) is 15.5. The second-order valence-electron chi connectivity index (χ2n) is 4.07. The van der Waals surface area contributed by atoms with Crippen molar-refractivity contribution in [2.75, 3.05) is 10.5 Å². The third kappa shape index (κ3) is 3.42. The lowest BCUT2D eigenvalue weighted by atomic mass is 10.3. The van der Waals surface area contributed by atoms with Gasteiger partial charge in [0.05, 0.1) is 10.6 Å². The Labute approximate surface area is 134 Å². The van der Waals surface area contributed by atoms with Crippen molar-refractivity contribution in [1.82, 2.24) is 0 Å². The van der Waals surface area contributed by atoms with Crippen LogP contribution in [0.1, 0.15) is 0 Å².